The lowest BCUT2D eigenvalue weighted by molar-refractivity contribution is -0.114. The van der Waals surface area contributed by atoms with Gasteiger partial charge in [0.05, 0.1) is 17.2 Å². The van der Waals surface area contributed by atoms with E-state index in [0.717, 1.165) is 0 Å². The molecule has 0 spiro atoms. The molecule has 200 valence electrons. The van der Waals surface area contributed by atoms with E-state index in [9.17, 15) is 22.8 Å². The first-order valence-electron chi connectivity index (χ1n) is 11.7. The van der Waals surface area contributed by atoms with Gasteiger partial charge in [0.2, 0.25) is 15.9 Å². The molecule has 0 bridgehead atoms. The number of piperazine rings is 1. The summed E-state index contributed by atoms with van der Waals surface area (Å²) in [6.45, 7) is 6.76. The molecule has 1 unspecified atom stereocenters. The SMILES string of the molecule is COCCOC(=O)c1c(C)nc(C)nc1C(=O)N1CCN(S(=O)(=O)c2ccc(NC(C)=O)cc2)C(C)C1. The number of rotatable bonds is 8. The first kappa shape index (κ1) is 28.2. The number of carbonyl (C=O) groups excluding carboxylic acids is 3. The molecule has 1 fully saturated rings. The van der Waals surface area contributed by atoms with E-state index in [-0.39, 0.29) is 54.9 Å². The van der Waals surface area contributed by atoms with Crippen LogP contribution in [0.15, 0.2) is 29.2 Å². The minimum atomic E-state index is -3.85. The summed E-state index contributed by atoms with van der Waals surface area (Å²) in [6.07, 6.45) is 0. The number of benzene rings is 1. The van der Waals surface area contributed by atoms with Gasteiger partial charge in [-0.25, -0.2) is 23.2 Å². The Hall–Kier alpha value is -3.42. The maximum Gasteiger partial charge on any atom is 0.342 e. The largest absolute Gasteiger partial charge is 0.460 e. The van der Waals surface area contributed by atoms with E-state index in [4.69, 9.17) is 9.47 Å². The predicted octanol–water partition coefficient (Wildman–Crippen LogP) is 1.39. The Labute approximate surface area is 216 Å². The Morgan fingerprint density at radius 2 is 1.76 bits per heavy atom. The molecule has 2 aromatic rings. The normalized spacial score (nSPS) is 16.4. The number of carbonyl (C=O) groups is 3. The van der Waals surface area contributed by atoms with Crippen molar-refractivity contribution >= 4 is 33.5 Å². The number of nitrogens with zero attached hydrogens (tertiary/aromatic N) is 4. The fourth-order valence-electron chi connectivity index (χ4n) is 4.08. The second kappa shape index (κ2) is 11.8. The van der Waals surface area contributed by atoms with Crippen molar-refractivity contribution in [1.29, 1.82) is 0 Å². The molecular formula is C24H31N5O7S. The van der Waals surface area contributed by atoms with Crippen molar-refractivity contribution in [3.8, 4) is 0 Å². The highest BCUT2D eigenvalue weighted by Crippen LogP contribution is 2.24. The zero-order valence-corrected chi connectivity index (χ0v) is 22.3. The zero-order valence-electron chi connectivity index (χ0n) is 21.5. The summed E-state index contributed by atoms with van der Waals surface area (Å²) >= 11 is 0. The number of aromatic nitrogens is 2. The average Bonchev–Trinajstić information content (AvgIpc) is 2.82. The maximum atomic E-state index is 13.5. The molecule has 2 amide bonds. The Bertz CT molecular complexity index is 1280. The van der Waals surface area contributed by atoms with Crippen LogP contribution in [-0.2, 0) is 24.3 Å². The number of nitrogens with one attached hydrogen (secondary N) is 1. The van der Waals surface area contributed by atoms with Crippen LogP contribution in [0, 0.1) is 13.8 Å². The van der Waals surface area contributed by atoms with Crippen molar-refractivity contribution < 1.29 is 32.3 Å². The predicted molar refractivity (Wildman–Crippen MR) is 134 cm³/mol. The lowest BCUT2D eigenvalue weighted by atomic mass is 10.1. The first-order chi connectivity index (χ1) is 17.4. The van der Waals surface area contributed by atoms with Gasteiger partial charge in [0.25, 0.3) is 5.91 Å². The minimum Gasteiger partial charge on any atom is -0.460 e. The van der Waals surface area contributed by atoms with Gasteiger partial charge < -0.3 is 19.7 Å². The summed E-state index contributed by atoms with van der Waals surface area (Å²) in [5.74, 6) is -1.16. The lowest BCUT2D eigenvalue weighted by Crippen LogP contribution is -2.55. The number of ether oxygens (including phenoxy) is 2. The third-order valence-electron chi connectivity index (χ3n) is 5.76. The molecule has 3 rings (SSSR count). The van der Waals surface area contributed by atoms with Gasteiger partial charge in [-0.2, -0.15) is 4.31 Å². The van der Waals surface area contributed by atoms with E-state index in [1.807, 2.05) is 0 Å². The number of anilines is 1. The molecule has 1 aromatic heterocycles. The molecule has 1 aromatic carbocycles. The lowest BCUT2D eigenvalue weighted by Gasteiger charge is -2.39. The standard InChI is InChI=1S/C24H31N5O7S/c1-15-14-28(10-11-29(15)37(33,34)20-8-6-19(7-9-20)27-18(4)30)23(31)22-21(16(2)25-17(3)26-22)24(32)36-13-12-35-5/h6-9,15H,10-14H2,1-5H3,(H,27,30). The summed E-state index contributed by atoms with van der Waals surface area (Å²) in [7, 11) is -2.37. The summed E-state index contributed by atoms with van der Waals surface area (Å²) < 4.78 is 38.0. The third-order valence-corrected chi connectivity index (χ3v) is 7.79. The van der Waals surface area contributed by atoms with E-state index < -0.39 is 27.9 Å². The Kier molecular flexibility index (Phi) is 8.94. The van der Waals surface area contributed by atoms with Crippen molar-refractivity contribution in [1.82, 2.24) is 19.2 Å². The number of methoxy groups -OCH3 is 1. The van der Waals surface area contributed by atoms with Gasteiger partial charge in [0.1, 0.15) is 23.7 Å². The van der Waals surface area contributed by atoms with Crippen LogP contribution >= 0.6 is 0 Å². The number of sulfonamides is 1. The van der Waals surface area contributed by atoms with Crippen molar-refractivity contribution in [2.75, 3.05) is 45.3 Å². The highest BCUT2D eigenvalue weighted by atomic mass is 32.2. The Balaban J connectivity index is 1.79. The molecular weight excluding hydrogens is 502 g/mol. The molecule has 1 N–H and O–H groups in total. The van der Waals surface area contributed by atoms with Gasteiger partial charge >= 0.3 is 5.97 Å². The molecule has 37 heavy (non-hydrogen) atoms. The molecule has 13 heteroatoms. The van der Waals surface area contributed by atoms with Crippen LogP contribution in [0.5, 0.6) is 0 Å². The van der Waals surface area contributed by atoms with Crippen molar-refractivity contribution in [3.05, 3.63) is 47.0 Å². The number of amides is 2. The number of aryl methyl sites for hydroxylation is 2. The van der Waals surface area contributed by atoms with Crippen LogP contribution in [0.25, 0.3) is 0 Å². The maximum absolute atomic E-state index is 13.5. The van der Waals surface area contributed by atoms with Crippen molar-refractivity contribution in [2.24, 2.45) is 0 Å². The third kappa shape index (κ3) is 6.48. The van der Waals surface area contributed by atoms with Crippen LogP contribution in [0.1, 0.15) is 46.2 Å². The molecule has 0 radical (unpaired) electrons. The summed E-state index contributed by atoms with van der Waals surface area (Å²) in [5.41, 5.74) is 0.704. The summed E-state index contributed by atoms with van der Waals surface area (Å²) in [6, 6.07) is 5.36. The van der Waals surface area contributed by atoms with Gasteiger partial charge in [-0.1, -0.05) is 0 Å². The molecule has 1 aliphatic heterocycles. The van der Waals surface area contributed by atoms with Crippen LogP contribution in [0.4, 0.5) is 5.69 Å². The van der Waals surface area contributed by atoms with Crippen molar-refractivity contribution in [3.63, 3.8) is 0 Å². The number of hydrogen-bond acceptors (Lipinski definition) is 9. The highest BCUT2D eigenvalue weighted by molar-refractivity contribution is 7.89. The molecule has 1 atom stereocenters. The monoisotopic (exact) mass is 533 g/mol. The zero-order chi connectivity index (χ0) is 27.3. The van der Waals surface area contributed by atoms with Gasteiger partial charge in [-0.15, -0.1) is 0 Å². The fraction of sp³-hybridized carbons (Fsp3) is 0.458. The summed E-state index contributed by atoms with van der Waals surface area (Å²) in [4.78, 5) is 47.4. The van der Waals surface area contributed by atoms with Gasteiger partial charge in [-0.3, -0.25) is 9.59 Å². The Morgan fingerprint density at radius 3 is 2.35 bits per heavy atom. The van der Waals surface area contributed by atoms with Crippen LogP contribution in [0.2, 0.25) is 0 Å². The van der Waals surface area contributed by atoms with Gasteiger partial charge in [-0.05, 0) is 45.0 Å². The Morgan fingerprint density at radius 1 is 1.08 bits per heavy atom. The highest BCUT2D eigenvalue weighted by Gasteiger charge is 2.37. The van der Waals surface area contributed by atoms with Crippen LogP contribution < -0.4 is 5.32 Å². The summed E-state index contributed by atoms with van der Waals surface area (Å²) in [5, 5.41) is 2.60. The number of esters is 1. The van der Waals surface area contributed by atoms with E-state index in [2.05, 4.69) is 15.3 Å². The second-order valence-electron chi connectivity index (χ2n) is 8.63. The number of hydrogen-bond donors (Lipinski definition) is 1. The first-order valence-corrected chi connectivity index (χ1v) is 13.1. The molecule has 1 aliphatic rings. The van der Waals surface area contributed by atoms with E-state index >= 15 is 0 Å². The molecule has 1 saturated heterocycles. The van der Waals surface area contributed by atoms with E-state index in [0.29, 0.717) is 17.2 Å². The van der Waals surface area contributed by atoms with E-state index in [1.165, 1.54) is 47.5 Å². The molecule has 0 saturated carbocycles. The van der Waals surface area contributed by atoms with Crippen molar-refractivity contribution in [2.45, 2.75) is 38.6 Å². The average molecular weight is 534 g/mol. The topological polar surface area (TPSA) is 148 Å². The van der Waals surface area contributed by atoms with Gasteiger partial charge in [0, 0.05) is 45.4 Å². The smallest absolute Gasteiger partial charge is 0.342 e. The van der Waals surface area contributed by atoms with E-state index in [1.54, 1.807) is 20.8 Å². The second-order valence-corrected chi connectivity index (χ2v) is 10.5. The fourth-order valence-corrected chi connectivity index (χ4v) is 5.70. The van der Waals surface area contributed by atoms with Crippen LogP contribution in [-0.4, -0.2) is 91.4 Å². The quantitative estimate of drug-likeness (QED) is 0.392. The van der Waals surface area contributed by atoms with Gasteiger partial charge in [0.15, 0.2) is 0 Å². The molecule has 12 nitrogen and oxygen atoms in total. The minimum absolute atomic E-state index is 0.00957. The van der Waals surface area contributed by atoms with Crippen LogP contribution in [0.3, 0.4) is 0 Å². The molecule has 2 heterocycles. The molecule has 0 aliphatic carbocycles.